The molecule has 0 saturated heterocycles. The van der Waals surface area contributed by atoms with Crippen LogP contribution in [0.1, 0.15) is 33.6 Å². The van der Waals surface area contributed by atoms with Crippen molar-refractivity contribution < 1.29 is 9.53 Å². The minimum absolute atomic E-state index is 0.182. The predicted octanol–water partition coefficient (Wildman–Crippen LogP) is 2.54. The first-order valence-corrected chi connectivity index (χ1v) is 4.99. The molecule has 2 atom stereocenters. The normalized spacial score (nSPS) is 30.8. The van der Waals surface area contributed by atoms with Crippen molar-refractivity contribution in [2.24, 2.45) is 11.8 Å². The van der Waals surface area contributed by atoms with Gasteiger partial charge in [-0.15, -0.1) is 0 Å². The summed E-state index contributed by atoms with van der Waals surface area (Å²) < 4.78 is 4.86. The first-order valence-electron chi connectivity index (χ1n) is 4.99. The summed E-state index contributed by atoms with van der Waals surface area (Å²) in [4.78, 5) is 11.1. The van der Waals surface area contributed by atoms with E-state index in [9.17, 15) is 4.79 Å². The van der Waals surface area contributed by atoms with Crippen molar-refractivity contribution in [1.29, 1.82) is 0 Å². The molecule has 1 unspecified atom stereocenters. The zero-order chi connectivity index (χ0) is 9.84. The Morgan fingerprint density at radius 3 is 2.46 bits per heavy atom. The maximum absolute atomic E-state index is 11.1. The molecule has 0 amide bonds. The number of hydrogen-bond acceptors (Lipinski definition) is 2. The van der Waals surface area contributed by atoms with Crippen LogP contribution in [0.3, 0.4) is 0 Å². The second-order valence-electron chi connectivity index (χ2n) is 3.92. The Morgan fingerprint density at radius 1 is 1.46 bits per heavy atom. The molecule has 0 spiro atoms. The lowest BCUT2D eigenvalue weighted by Crippen LogP contribution is -2.00. The molecule has 1 aliphatic rings. The van der Waals surface area contributed by atoms with E-state index in [0.717, 1.165) is 12.8 Å². The highest BCUT2D eigenvalue weighted by atomic mass is 16.5. The van der Waals surface area contributed by atoms with Gasteiger partial charge in [-0.1, -0.05) is 19.4 Å². The predicted molar refractivity (Wildman–Crippen MR) is 52.3 cm³/mol. The smallest absolute Gasteiger partial charge is 0.330 e. The maximum atomic E-state index is 11.1. The minimum Gasteiger partial charge on any atom is -0.463 e. The quantitative estimate of drug-likeness (QED) is 0.484. The van der Waals surface area contributed by atoms with E-state index in [2.05, 4.69) is 13.8 Å². The van der Waals surface area contributed by atoms with Crippen molar-refractivity contribution in [3.05, 3.63) is 11.6 Å². The summed E-state index contributed by atoms with van der Waals surface area (Å²) in [5.41, 5.74) is 1.25. The van der Waals surface area contributed by atoms with E-state index < -0.39 is 0 Å². The first kappa shape index (κ1) is 10.3. The lowest BCUT2D eigenvalue weighted by Gasteiger charge is -2.04. The number of ether oxygens (including phenoxy) is 1. The van der Waals surface area contributed by atoms with Crippen LogP contribution in [0.15, 0.2) is 11.6 Å². The second-order valence-corrected chi connectivity index (χ2v) is 3.92. The van der Waals surface area contributed by atoms with E-state index in [1.54, 1.807) is 6.08 Å². The van der Waals surface area contributed by atoms with Gasteiger partial charge >= 0.3 is 5.97 Å². The summed E-state index contributed by atoms with van der Waals surface area (Å²) in [7, 11) is 0. The van der Waals surface area contributed by atoms with Gasteiger partial charge in [0.1, 0.15) is 0 Å². The monoisotopic (exact) mass is 182 g/mol. The van der Waals surface area contributed by atoms with Crippen molar-refractivity contribution in [2.45, 2.75) is 33.6 Å². The molecule has 0 radical (unpaired) electrons. The van der Waals surface area contributed by atoms with Crippen LogP contribution in [-0.2, 0) is 9.53 Å². The van der Waals surface area contributed by atoms with Crippen LogP contribution in [0, 0.1) is 11.8 Å². The number of hydrogen-bond donors (Lipinski definition) is 0. The van der Waals surface area contributed by atoms with Gasteiger partial charge in [-0.25, -0.2) is 4.79 Å². The zero-order valence-electron chi connectivity index (χ0n) is 8.67. The fourth-order valence-electron chi connectivity index (χ4n) is 1.78. The molecular formula is C11H18O2. The maximum Gasteiger partial charge on any atom is 0.330 e. The molecule has 74 valence electrons. The first-order chi connectivity index (χ1) is 6.13. The molecule has 0 heterocycles. The number of carbonyl (C=O) groups excluding carboxylic acids is 1. The standard InChI is InChI=1S/C11H18O2/c1-4-13-11(12)7-10-5-8(2)9(3)6-10/h7-9H,4-6H2,1-3H3/t8-,9?/m0/s1. The third-order valence-electron chi connectivity index (χ3n) is 2.75. The van der Waals surface area contributed by atoms with Crippen molar-refractivity contribution in [2.75, 3.05) is 6.61 Å². The largest absolute Gasteiger partial charge is 0.463 e. The molecule has 2 nitrogen and oxygen atoms in total. The van der Waals surface area contributed by atoms with Gasteiger partial charge in [-0.05, 0) is 31.6 Å². The summed E-state index contributed by atoms with van der Waals surface area (Å²) in [5.74, 6) is 1.24. The third-order valence-corrected chi connectivity index (χ3v) is 2.75. The lowest BCUT2D eigenvalue weighted by molar-refractivity contribution is -0.137. The molecule has 1 aliphatic carbocycles. The number of esters is 1. The Bertz CT molecular complexity index is 206. The fourth-order valence-corrected chi connectivity index (χ4v) is 1.78. The summed E-state index contributed by atoms with van der Waals surface area (Å²) in [5, 5.41) is 0. The Morgan fingerprint density at radius 2 is 2.00 bits per heavy atom. The molecule has 0 aromatic carbocycles. The van der Waals surface area contributed by atoms with Crippen molar-refractivity contribution in [3.8, 4) is 0 Å². The van der Waals surface area contributed by atoms with Gasteiger partial charge in [0.2, 0.25) is 0 Å². The molecule has 0 bridgehead atoms. The molecule has 0 aliphatic heterocycles. The van der Waals surface area contributed by atoms with Crippen LogP contribution in [-0.4, -0.2) is 12.6 Å². The van der Waals surface area contributed by atoms with Crippen LogP contribution >= 0.6 is 0 Å². The summed E-state index contributed by atoms with van der Waals surface area (Å²) in [6.45, 7) is 6.76. The Balaban J connectivity index is 2.49. The second kappa shape index (κ2) is 4.45. The van der Waals surface area contributed by atoms with E-state index in [4.69, 9.17) is 4.74 Å². The SMILES string of the molecule is CCOC(=O)C=C1CC(C)[C@@H](C)C1. The highest BCUT2D eigenvalue weighted by Crippen LogP contribution is 2.34. The molecule has 0 aromatic rings. The van der Waals surface area contributed by atoms with Crippen molar-refractivity contribution in [3.63, 3.8) is 0 Å². The van der Waals surface area contributed by atoms with Gasteiger partial charge in [0.05, 0.1) is 6.61 Å². The van der Waals surface area contributed by atoms with E-state index in [-0.39, 0.29) is 5.97 Å². The molecule has 13 heavy (non-hydrogen) atoms. The van der Waals surface area contributed by atoms with Gasteiger partial charge < -0.3 is 4.74 Å². The van der Waals surface area contributed by atoms with E-state index in [1.165, 1.54) is 5.57 Å². The Labute approximate surface area is 80.0 Å². The molecule has 1 saturated carbocycles. The highest BCUT2D eigenvalue weighted by Gasteiger charge is 2.23. The third kappa shape index (κ3) is 2.87. The minimum atomic E-state index is -0.182. The summed E-state index contributed by atoms with van der Waals surface area (Å²) >= 11 is 0. The lowest BCUT2D eigenvalue weighted by atomic mass is 10.0. The Hall–Kier alpha value is -0.790. The molecule has 0 N–H and O–H groups in total. The molecule has 1 rings (SSSR count). The average Bonchev–Trinajstić information content (AvgIpc) is 2.31. The van der Waals surface area contributed by atoms with E-state index in [0.29, 0.717) is 18.4 Å². The van der Waals surface area contributed by atoms with Crippen LogP contribution in [0.4, 0.5) is 0 Å². The van der Waals surface area contributed by atoms with Gasteiger partial charge in [0, 0.05) is 6.08 Å². The average molecular weight is 182 g/mol. The molecular weight excluding hydrogens is 164 g/mol. The van der Waals surface area contributed by atoms with Crippen LogP contribution < -0.4 is 0 Å². The number of rotatable bonds is 2. The number of allylic oxidation sites excluding steroid dienone is 1. The van der Waals surface area contributed by atoms with Gasteiger partial charge in [-0.2, -0.15) is 0 Å². The zero-order valence-corrected chi connectivity index (χ0v) is 8.67. The Kier molecular flexibility index (Phi) is 3.52. The summed E-state index contributed by atoms with van der Waals surface area (Å²) in [6.07, 6.45) is 3.78. The van der Waals surface area contributed by atoms with Crippen molar-refractivity contribution in [1.82, 2.24) is 0 Å². The molecule has 1 fully saturated rings. The van der Waals surface area contributed by atoms with Crippen LogP contribution in [0.25, 0.3) is 0 Å². The van der Waals surface area contributed by atoms with Crippen LogP contribution in [0.2, 0.25) is 0 Å². The van der Waals surface area contributed by atoms with Gasteiger partial charge in [-0.3, -0.25) is 0 Å². The van der Waals surface area contributed by atoms with E-state index >= 15 is 0 Å². The summed E-state index contributed by atoms with van der Waals surface area (Å²) in [6, 6.07) is 0. The molecule has 2 heteroatoms. The van der Waals surface area contributed by atoms with Crippen molar-refractivity contribution >= 4 is 5.97 Å². The van der Waals surface area contributed by atoms with Gasteiger partial charge in [0.15, 0.2) is 0 Å². The molecule has 0 aromatic heterocycles. The fraction of sp³-hybridized carbons (Fsp3) is 0.727. The van der Waals surface area contributed by atoms with Crippen LogP contribution in [0.5, 0.6) is 0 Å². The van der Waals surface area contributed by atoms with E-state index in [1.807, 2.05) is 6.92 Å². The highest BCUT2D eigenvalue weighted by molar-refractivity contribution is 5.82. The van der Waals surface area contributed by atoms with Gasteiger partial charge in [0.25, 0.3) is 0 Å². The number of carbonyl (C=O) groups is 1. The topological polar surface area (TPSA) is 26.3 Å².